The molecule has 0 unspecified atom stereocenters. The maximum Gasteiger partial charge on any atom is 0.330 e. The number of methoxy groups -OCH3 is 1. The molecule has 0 saturated heterocycles. The molecule has 1 aromatic heterocycles. The Morgan fingerprint density at radius 1 is 1.02 bits per heavy atom. The van der Waals surface area contributed by atoms with Gasteiger partial charge in [0.2, 0.25) is 5.43 Å². The maximum absolute atomic E-state index is 14.6. The molecular formula is C38H40O8. The number of carbonyl (C=O) groups is 1. The Labute approximate surface area is 268 Å². The van der Waals surface area contributed by atoms with Crippen LogP contribution in [-0.4, -0.2) is 31.9 Å². The second-order valence-corrected chi connectivity index (χ2v) is 11.9. The van der Waals surface area contributed by atoms with E-state index in [1.807, 2.05) is 71.0 Å². The lowest BCUT2D eigenvalue weighted by atomic mass is 9.97. The quantitative estimate of drug-likeness (QED) is 0.0717. The highest BCUT2D eigenvalue weighted by Gasteiger charge is 2.29. The van der Waals surface area contributed by atoms with E-state index in [-0.39, 0.29) is 24.0 Å². The zero-order valence-electron chi connectivity index (χ0n) is 27.4. The van der Waals surface area contributed by atoms with Gasteiger partial charge in [-0.15, -0.1) is 0 Å². The van der Waals surface area contributed by atoms with Gasteiger partial charge in [0, 0.05) is 23.8 Å². The molecule has 8 heteroatoms. The summed E-state index contributed by atoms with van der Waals surface area (Å²) in [7, 11) is 1.57. The number of esters is 1. The van der Waals surface area contributed by atoms with Crippen LogP contribution in [0.2, 0.25) is 0 Å². The Morgan fingerprint density at radius 2 is 1.80 bits per heavy atom. The summed E-state index contributed by atoms with van der Waals surface area (Å²) in [4.78, 5) is 26.5. The van der Waals surface area contributed by atoms with Crippen molar-refractivity contribution in [3.05, 3.63) is 98.8 Å². The van der Waals surface area contributed by atoms with Crippen molar-refractivity contribution in [2.75, 3.05) is 20.3 Å². The largest absolute Gasteiger partial charge is 0.493 e. The minimum atomic E-state index is -0.583. The monoisotopic (exact) mass is 624 g/mol. The minimum Gasteiger partial charge on any atom is -0.493 e. The van der Waals surface area contributed by atoms with Crippen LogP contribution in [0.5, 0.6) is 23.0 Å². The van der Waals surface area contributed by atoms with Gasteiger partial charge < -0.3 is 28.1 Å². The zero-order chi connectivity index (χ0) is 33.0. The van der Waals surface area contributed by atoms with Crippen molar-refractivity contribution in [1.82, 2.24) is 0 Å². The van der Waals surface area contributed by atoms with E-state index in [0.717, 1.165) is 16.7 Å². The van der Waals surface area contributed by atoms with Gasteiger partial charge in [-0.1, -0.05) is 41.5 Å². The molecule has 46 heavy (non-hydrogen) atoms. The SMILES string of the molecule is CCOC(=O)/C=C/COc1c2c(cc3oc4cc(OCc5cccc(C)c5)c(OC)c(CC=C(C)C)c4c(=O)c13)OC(C)(C)C=C2. The summed E-state index contributed by atoms with van der Waals surface area (Å²) in [5.74, 6) is 1.27. The first kappa shape index (κ1) is 32.4. The van der Waals surface area contributed by atoms with Gasteiger partial charge in [0.05, 0.1) is 24.7 Å². The third-order valence-electron chi connectivity index (χ3n) is 7.51. The summed E-state index contributed by atoms with van der Waals surface area (Å²) in [6, 6.07) is 11.5. The topological polar surface area (TPSA) is 93.4 Å². The molecule has 0 radical (unpaired) electrons. The van der Waals surface area contributed by atoms with E-state index >= 15 is 0 Å². The molecule has 8 nitrogen and oxygen atoms in total. The number of ether oxygens (including phenoxy) is 5. The van der Waals surface area contributed by atoms with Gasteiger partial charge in [-0.2, -0.15) is 0 Å². The number of allylic oxidation sites excluding steroid dienone is 2. The van der Waals surface area contributed by atoms with Crippen molar-refractivity contribution in [3.8, 4) is 23.0 Å². The molecule has 0 aliphatic carbocycles. The molecule has 0 atom stereocenters. The first-order valence-electron chi connectivity index (χ1n) is 15.3. The Morgan fingerprint density at radius 3 is 2.52 bits per heavy atom. The van der Waals surface area contributed by atoms with Crippen LogP contribution in [0.4, 0.5) is 0 Å². The zero-order valence-corrected chi connectivity index (χ0v) is 27.4. The number of benzene rings is 3. The summed E-state index contributed by atoms with van der Waals surface area (Å²) in [5, 5.41) is 0.635. The standard InChI is InChI=1S/C38H40O8/c1-8-42-32(39)13-10-18-43-37-26-16-17-38(5,6)46-28(26)20-30-34(37)35(40)33-27(15-14-23(2)3)36(41-7)31(21-29(33)45-30)44-22-25-12-9-11-24(4)19-25/h9-14,16-17,19-21H,8,15,18,22H2,1-7H3/b13-10+. The van der Waals surface area contributed by atoms with E-state index in [1.165, 1.54) is 6.08 Å². The summed E-state index contributed by atoms with van der Waals surface area (Å²) in [5.41, 5.74) is 4.28. The molecule has 0 fully saturated rings. The van der Waals surface area contributed by atoms with Crippen LogP contribution in [0.15, 0.2) is 75.5 Å². The van der Waals surface area contributed by atoms with Crippen molar-refractivity contribution in [2.45, 2.75) is 60.2 Å². The van der Waals surface area contributed by atoms with Crippen LogP contribution in [-0.2, 0) is 22.6 Å². The van der Waals surface area contributed by atoms with Crippen molar-refractivity contribution >= 4 is 34.0 Å². The fraction of sp³-hybridized carbons (Fsp3) is 0.316. The number of hydrogen-bond acceptors (Lipinski definition) is 8. The Bertz CT molecular complexity index is 1940. The van der Waals surface area contributed by atoms with Crippen molar-refractivity contribution in [3.63, 3.8) is 0 Å². The van der Waals surface area contributed by atoms with Crippen LogP contribution in [0.25, 0.3) is 28.0 Å². The predicted molar refractivity (Wildman–Crippen MR) is 180 cm³/mol. The summed E-state index contributed by atoms with van der Waals surface area (Å²) < 4.78 is 36.2. The van der Waals surface area contributed by atoms with Gasteiger partial charge >= 0.3 is 5.97 Å². The fourth-order valence-corrected chi connectivity index (χ4v) is 5.42. The van der Waals surface area contributed by atoms with E-state index in [2.05, 4.69) is 6.07 Å². The average Bonchev–Trinajstić information content (AvgIpc) is 2.99. The number of hydrogen-bond donors (Lipinski definition) is 0. The highest BCUT2D eigenvalue weighted by molar-refractivity contribution is 5.99. The molecule has 3 aromatic carbocycles. The van der Waals surface area contributed by atoms with E-state index in [1.54, 1.807) is 32.2 Å². The molecule has 2 heterocycles. The van der Waals surface area contributed by atoms with Gasteiger partial charge in [0.15, 0.2) is 11.5 Å². The second-order valence-electron chi connectivity index (χ2n) is 11.9. The van der Waals surface area contributed by atoms with Gasteiger partial charge in [-0.25, -0.2) is 4.79 Å². The molecule has 5 rings (SSSR count). The molecule has 0 amide bonds. The van der Waals surface area contributed by atoms with Crippen LogP contribution >= 0.6 is 0 Å². The molecule has 4 aromatic rings. The lowest BCUT2D eigenvalue weighted by Crippen LogP contribution is -2.27. The van der Waals surface area contributed by atoms with E-state index in [0.29, 0.717) is 63.7 Å². The van der Waals surface area contributed by atoms with Crippen LogP contribution in [0.1, 0.15) is 56.9 Å². The first-order valence-corrected chi connectivity index (χ1v) is 15.3. The maximum atomic E-state index is 14.6. The van der Waals surface area contributed by atoms with Crippen molar-refractivity contribution in [1.29, 1.82) is 0 Å². The number of fused-ring (bicyclic) bond motifs is 3. The molecule has 0 bridgehead atoms. The summed E-state index contributed by atoms with van der Waals surface area (Å²) >= 11 is 0. The molecule has 0 saturated carbocycles. The van der Waals surface area contributed by atoms with Gasteiger partial charge in [0.25, 0.3) is 0 Å². The normalized spacial score (nSPS) is 13.4. The highest BCUT2D eigenvalue weighted by Crippen LogP contribution is 2.44. The van der Waals surface area contributed by atoms with Crippen LogP contribution in [0, 0.1) is 6.92 Å². The number of aryl methyl sites for hydroxylation is 1. The average molecular weight is 625 g/mol. The third-order valence-corrected chi connectivity index (χ3v) is 7.51. The molecule has 1 aliphatic heterocycles. The third kappa shape index (κ3) is 6.96. The molecule has 0 spiro atoms. The molecular weight excluding hydrogens is 584 g/mol. The summed E-state index contributed by atoms with van der Waals surface area (Å²) in [6.07, 6.45) is 9.10. The Kier molecular flexibility index (Phi) is 9.56. The lowest BCUT2D eigenvalue weighted by Gasteiger charge is -2.29. The Hall–Kier alpha value is -4.98. The second kappa shape index (κ2) is 13.6. The van der Waals surface area contributed by atoms with Gasteiger partial charge in [-0.05, 0) is 71.8 Å². The fourth-order valence-electron chi connectivity index (χ4n) is 5.42. The predicted octanol–water partition coefficient (Wildman–Crippen LogP) is 8.03. The summed E-state index contributed by atoms with van der Waals surface area (Å²) in [6.45, 7) is 12.2. The van der Waals surface area contributed by atoms with Crippen LogP contribution < -0.4 is 24.4 Å². The molecule has 240 valence electrons. The van der Waals surface area contributed by atoms with E-state index in [4.69, 9.17) is 28.1 Å². The number of carbonyl (C=O) groups excluding carboxylic acids is 1. The van der Waals surface area contributed by atoms with E-state index < -0.39 is 11.6 Å². The smallest absolute Gasteiger partial charge is 0.330 e. The van der Waals surface area contributed by atoms with Crippen molar-refractivity contribution < 1.29 is 32.9 Å². The minimum absolute atomic E-state index is 0.0127. The van der Waals surface area contributed by atoms with E-state index in [9.17, 15) is 9.59 Å². The van der Waals surface area contributed by atoms with Crippen LogP contribution in [0.3, 0.4) is 0 Å². The Balaban J connectivity index is 1.72. The highest BCUT2D eigenvalue weighted by atomic mass is 16.5. The van der Waals surface area contributed by atoms with Crippen molar-refractivity contribution in [2.24, 2.45) is 0 Å². The van der Waals surface area contributed by atoms with Gasteiger partial charge in [-0.3, -0.25) is 4.79 Å². The first-order chi connectivity index (χ1) is 22.0. The number of rotatable bonds is 11. The molecule has 1 aliphatic rings. The van der Waals surface area contributed by atoms with Gasteiger partial charge in [0.1, 0.15) is 46.9 Å². The lowest BCUT2D eigenvalue weighted by molar-refractivity contribution is -0.137. The molecule has 0 N–H and O–H groups in total.